The Morgan fingerprint density at radius 3 is 1.00 bits per heavy atom. The molecule has 5 heavy (non-hydrogen) atoms. The molecule has 0 fully saturated rings. The molecule has 24 valence electrons. The Bertz CT molecular complexity index is 6.85. The average Bonchev–Trinajstić information content (AvgIpc) is 1.00. The fourth-order valence-corrected chi connectivity index (χ4v) is 0. The van der Waals surface area contributed by atoms with Crippen LogP contribution in [-0.2, 0) is 17.3 Å². The second-order valence-corrected chi connectivity index (χ2v) is 0. The maximum Gasteiger partial charge on any atom is 1.00 e. The standard InChI is InChI=1S/3ClH.Li.Zn/h3*1H;;/q;;;+1;+2/p-3. The van der Waals surface area contributed by atoms with Crippen LogP contribution in [0, 0.1) is 0 Å². The van der Waals surface area contributed by atoms with E-state index in [-0.39, 0.29) is 43.7 Å². The molecular weight excluding hydrogens is 179 g/mol. The van der Waals surface area contributed by atoms with Gasteiger partial charge in [0.2, 0.25) is 0 Å². The Morgan fingerprint density at radius 1 is 1.00 bits per heavy atom. The summed E-state index contributed by atoms with van der Waals surface area (Å²) in [5, 5.41) is 0. The summed E-state index contributed by atoms with van der Waals surface area (Å²) in [6, 6.07) is 0. The maximum absolute atomic E-state index is 4.76. The van der Waals surface area contributed by atoms with Gasteiger partial charge in [0.1, 0.15) is 0 Å². The van der Waals surface area contributed by atoms with Crippen LogP contribution in [-0.4, -0.2) is 0 Å². The van der Waals surface area contributed by atoms with Crippen LogP contribution in [0.15, 0.2) is 0 Å². The van der Waals surface area contributed by atoms with Crippen molar-refractivity contribution in [2.24, 2.45) is 0 Å². The molecule has 0 amide bonds. The van der Waals surface area contributed by atoms with Gasteiger partial charge in [-0.15, -0.1) is 0 Å². The number of hydrogen-bond donors (Lipinski definition) is 0. The maximum atomic E-state index is 4.76. The number of hydrogen-bond acceptors (Lipinski definition) is 0. The molecule has 0 saturated heterocycles. The van der Waals surface area contributed by atoms with Gasteiger partial charge in [0.25, 0.3) is 0 Å². The van der Waals surface area contributed by atoms with Crippen LogP contribution in [0.1, 0.15) is 0 Å². The van der Waals surface area contributed by atoms with Gasteiger partial charge < -0.3 is 24.8 Å². The summed E-state index contributed by atoms with van der Waals surface area (Å²) in [5.74, 6) is 0. The fraction of sp³-hybridized carbons (Fsp3) is 0. The van der Waals surface area contributed by atoms with Crippen molar-refractivity contribution in [1.82, 2.24) is 0 Å². The van der Waals surface area contributed by atoms with Crippen molar-refractivity contribution in [3.05, 3.63) is 0 Å². The van der Waals surface area contributed by atoms with E-state index >= 15 is 0 Å². The van der Waals surface area contributed by atoms with Crippen LogP contribution in [0.5, 0.6) is 0 Å². The smallest absolute Gasteiger partial charge is 1.00 e. The molecule has 0 aliphatic heterocycles. The molecule has 0 saturated carbocycles. The minimum absolute atomic E-state index is 0. The monoisotopic (exact) mass is 176 g/mol. The van der Waals surface area contributed by atoms with Crippen LogP contribution in [0.25, 0.3) is 0 Å². The molecule has 0 aromatic carbocycles. The summed E-state index contributed by atoms with van der Waals surface area (Å²) >= 11 is 0.847. The van der Waals surface area contributed by atoms with E-state index in [1.54, 1.807) is 0 Å². The van der Waals surface area contributed by atoms with E-state index in [1.165, 1.54) is 0 Å². The summed E-state index contributed by atoms with van der Waals surface area (Å²) in [5.41, 5.74) is 0. The van der Waals surface area contributed by atoms with Gasteiger partial charge in [-0.05, 0) is 0 Å². The predicted octanol–water partition coefficient (Wildman–Crippen LogP) is -8.30. The van der Waals surface area contributed by atoms with Gasteiger partial charge >= 0.3 is 45.9 Å². The Kier molecular flexibility index (Phi) is 199. The van der Waals surface area contributed by atoms with Gasteiger partial charge in [-0.3, -0.25) is 0 Å². The second kappa shape index (κ2) is 36.1. The van der Waals surface area contributed by atoms with Crippen LogP contribution < -0.4 is 43.7 Å². The SMILES string of the molecule is [Cl-].[Cl-].[Cl][Zn+].[Li+]. The molecule has 0 N–H and O–H groups in total. The molecule has 0 rings (SSSR count). The third kappa shape index (κ3) is 23.3. The third-order valence-corrected chi connectivity index (χ3v) is 0. The van der Waals surface area contributed by atoms with E-state index in [1.807, 2.05) is 0 Å². The molecule has 0 aromatic rings. The zero-order chi connectivity index (χ0) is 2.00. The Balaban J connectivity index is -0.00000000167. The largest absolute Gasteiger partial charge is 1.00 e. The van der Waals surface area contributed by atoms with Crippen molar-refractivity contribution in [3.8, 4) is 0 Å². The first-order valence-corrected chi connectivity index (χ1v) is 4.17. The second-order valence-electron chi connectivity index (χ2n) is 0. The van der Waals surface area contributed by atoms with Crippen molar-refractivity contribution >= 4 is 9.69 Å². The zero-order valence-electron chi connectivity index (χ0n) is 2.84. The first-order valence-electron chi connectivity index (χ1n) is 0.267. The molecule has 0 nitrogen and oxygen atoms in total. The van der Waals surface area contributed by atoms with Gasteiger partial charge in [0.15, 0.2) is 0 Å². The van der Waals surface area contributed by atoms with E-state index in [0.29, 0.717) is 0 Å². The molecule has 0 radical (unpaired) electrons. The Morgan fingerprint density at radius 2 is 1.00 bits per heavy atom. The molecule has 0 heterocycles. The minimum atomic E-state index is 0. The first-order chi connectivity index (χ1) is 1.00. The topological polar surface area (TPSA) is 0 Å². The number of rotatable bonds is 0. The summed E-state index contributed by atoms with van der Waals surface area (Å²) in [6.07, 6.45) is 0. The van der Waals surface area contributed by atoms with Gasteiger partial charge in [-0.1, -0.05) is 0 Å². The van der Waals surface area contributed by atoms with E-state index in [2.05, 4.69) is 0 Å². The van der Waals surface area contributed by atoms with Crippen molar-refractivity contribution in [1.29, 1.82) is 0 Å². The average molecular weight is 179 g/mol. The molecular formula is Cl3LiZn. The summed E-state index contributed by atoms with van der Waals surface area (Å²) in [7, 11) is 4.76. The van der Waals surface area contributed by atoms with Crippen molar-refractivity contribution in [2.45, 2.75) is 0 Å². The van der Waals surface area contributed by atoms with E-state index in [0.717, 1.165) is 17.3 Å². The molecule has 0 bridgehead atoms. The Labute approximate surface area is 70.1 Å². The van der Waals surface area contributed by atoms with Crippen LogP contribution in [0.2, 0.25) is 0 Å². The van der Waals surface area contributed by atoms with Gasteiger partial charge in [-0.2, -0.15) is 0 Å². The Hall–Kier alpha value is 2.09. The van der Waals surface area contributed by atoms with Crippen molar-refractivity contribution < 1.29 is 61.0 Å². The van der Waals surface area contributed by atoms with E-state index in [9.17, 15) is 0 Å². The molecule has 0 unspecified atom stereocenters. The quantitative estimate of drug-likeness (QED) is 0.324. The molecule has 0 aromatic heterocycles. The van der Waals surface area contributed by atoms with Gasteiger partial charge in [0.05, 0.1) is 0 Å². The summed E-state index contributed by atoms with van der Waals surface area (Å²) in [4.78, 5) is 0. The molecule has 5 heteroatoms. The molecule has 0 aliphatic rings. The molecule has 0 spiro atoms. The van der Waals surface area contributed by atoms with E-state index < -0.39 is 0 Å². The summed E-state index contributed by atoms with van der Waals surface area (Å²) in [6.45, 7) is 0. The van der Waals surface area contributed by atoms with Gasteiger partial charge in [-0.25, -0.2) is 0 Å². The molecule has 0 aliphatic carbocycles. The van der Waals surface area contributed by atoms with Crippen LogP contribution in [0.4, 0.5) is 0 Å². The fourth-order valence-electron chi connectivity index (χ4n) is 0. The zero-order valence-corrected chi connectivity index (χ0v) is 8.08. The predicted molar refractivity (Wildman–Crippen MR) is 5.85 cm³/mol. The van der Waals surface area contributed by atoms with Crippen molar-refractivity contribution in [2.75, 3.05) is 0 Å². The van der Waals surface area contributed by atoms with Gasteiger partial charge in [0, 0.05) is 0 Å². The minimum Gasteiger partial charge on any atom is 1.00 e. The number of halogens is 3. The normalized spacial score (nSPS) is 1.40. The third-order valence-electron chi connectivity index (χ3n) is 0. The summed E-state index contributed by atoms with van der Waals surface area (Å²) < 4.78 is 0. The first kappa shape index (κ1) is 27.5. The van der Waals surface area contributed by atoms with Crippen LogP contribution >= 0.6 is 9.69 Å². The van der Waals surface area contributed by atoms with Crippen molar-refractivity contribution in [3.63, 3.8) is 0 Å². The molecule has 0 atom stereocenters. The van der Waals surface area contributed by atoms with E-state index in [4.69, 9.17) is 9.69 Å². The van der Waals surface area contributed by atoms with Crippen LogP contribution in [0.3, 0.4) is 0 Å².